The molecule has 0 radical (unpaired) electrons. The third kappa shape index (κ3) is 3.26. The zero-order valence-electron chi connectivity index (χ0n) is 13.1. The lowest BCUT2D eigenvalue weighted by atomic mass is 10.1. The first-order valence-electron chi connectivity index (χ1n) is 7.38. The van der Waals surface area contributed by atoms with E-state index in [4.69, 9.17) is 21.1 Å². The summed E-state index contributed by atoms with van der Waals surface area (Å²) in [4.78, 5) is 11.9. The zero-order valence-corrected chi connectivity index (χ0v) is 13.8. The molecule has 24 heavy (non-hydrogen) atoms. The zero-order chi connectivity index (χ0) is 17.1. The molecule has 0 unspecified atom stereocenters. The van der Waals surface area contributed by atoms with Crippen LogP contribution < -0.4 is 9.47 Å². The molecule has 3 aromatic rings. The summed E-state index contributed by atoms with van der Waals surface area (Å²) in [7, 11) is 0. The molecule has 3 aromatic carbocycles. The summed E-state index contributed by atoms with van der Waals surface area (Å²) in [5.41, 5.74) is 0.305. The Balaban J connectivity index is 2.10. The largest absolute Gasteiger partial charge is 0.457 e. The second kappa shape index (κ2) is 6.77. The number of carbonyl (C=O) groups is 1. The first-order valence-corrected chi connectivity index (χ1v) is 7.76. The third-order valence-electron chi connectivity index (χ3n) is 3.43. The van der Waals surface area contributed by atoms with Gasteiger partial charge < -0.3 is 9.47 Å². The lowest BCUT2D eigenvalue weighted by Gasteiger charge is -2.14. The van der Waals surface area contributed by atoms with Crippen LogP contribution in [0.2, 0.25) is 5.02 Å². The second-order valence-corrected chi connectivity index (χ2v) is 5.72. The predicted molar refractivity (Wildman–Crippen MR) is 95.9 cm³/mol. The minimum Gasteiger partial charge on any atom is -0.457 e. The summed E-state index contributed by atoms with van der Waals surface area (Å²) in [5.74, 6) is 1.08. The molecule has 0 heterocycles. The van der Waals surface area contributed by atoms with Gasteiger partial charge in [-0.3, -0.25) is 0 Å². The maximum Gasteiger partial charge on any atom is 0.338 e. The second-order valence-electron chi connectivity index (χ2n) is 5.32. The molecule has 0 amide bonds. The van der Waals surface area contributed by atoms with Crippen molar-refractivity contribution in [2.24, 2.45) is 0 Å². The van der Waals surface area contributed by atoms with Crippen molar-refractivity contribution in [1.29, 1.82) is 0 Å². The van der Waals surface area contributed by atoms with E-state index < -0.39 is 5.97 Å². The number of benzene rings is 3. The van der Waals surface area contributed by atoms with Crippen molar-refractivity contribution in [2.75, 3.05) is 0 Å². The molecule has 3 rings (SSSR count). The molecule has 0 bridgehead atoms. The van der Waals surface area contributed by atoms with E-state index in [2.05, 4.69) is 6.58 Å². The van der Waals surface area contributed by atoms with Crippen LogP contribution in [0, 0.1) is 0 Å². The van der Waals surface area contributed by atoms with E-state index in [9.17, 15) is 4.79 Å². The van der Waals surface area contributed by atoms with Crippen molar-refractivity contribution < 1.29 is 14.3 Å². The highest BCUT2D eigenvalue weighted by Gasteiger charge is 2.16. The van der Waals surface area contributed by atoms with Crippen molar-refractivity contribution in [3.8, 4) is 17.2 Å². The van der Waals surface area contributed by atoms with Gasteiger partial charge in [-0.15, -0.1) is 0 Å². The maximum atomic E-state index is 11.9. The molecule has 0 saturated heterocycles. The van der Waals surface area contributed by atoms with E-state index >= 15 is 0 Å². The number of halogens is 1. The monoisotopic (exact) mass is 338 g/mol. The molecule has 0 saturated carbocycles. The topological polar surface area (TPSA) is 35.5 Å². The molecule has 0 aromatic heterocycles. The van der Waals surface area contributed by atoms with E-state index in [1.807, 2.05) is 54.6 Å². The molecule has 0 atom stereocenters. The number of carbonyl (C=O) groups excluding carboxylic acids is 1. The lowest BCUT2D eigenvalue weighted by molar-refractivity contribution is -0.129. The fourth-order valence-electron chi connectivity index (χ4n) is 2.27. The number of rotatable bonds is 4. The van der Waals surface area contributed by atoms with Crippen LogP contribution in [-0.2, 0) is 4.79 Å². The van der Waals surface area contributed by atoms with Crippen LogP contribution in [0.25, 0.3) is 10.8 Å². The van der Waals surface area contributed by atoms with Gasteiger partial charge in [0, 0.05) is 22.4 Å². The number of esters is 1. The minimum absolute atomic E-state index is 0.300. The van der Waals surface area contributed by atoms with Crippen molar-refractivity contribution >= 4 is 28.3 Å². The van der Waals surface area contributed by atoms with Crippen LogP contribution in [-0.4, -0.2) is 5.97 Å². The highest BCUT2D eigenvalue weighted by Crippen LogP contribution is 2.41. The molecule has 120 valence electrons. The van der Waals surface area contributed by atoms with Crippen LogP contribution in [0.3, 0.4) is 0 Å². The molecule has 0 fully saturated rings. The molecule has 0 aliphatic carbocycles. The van der Waals surface area contributed by atoms with Gasteiger partial charge >= 0.3 is 5.97 Å². The third-order valence-corrected chi connectivity index (χ3v) is 3.71. The van der Waals surface area contributed by atoms with Gasteiger partial charge in [0.1, 0.15) is 11.5 Å². The van der Waals surface area contributed by atoms with Crippen molar-refractivity contribution in [1.82, 2.24) is 0 Å². The Bertz CT molecular complexity index is 917. The van der Waals surface area contributed by atoms with E-state index in [0.29, 0.717) is 33.2 Å². The summed E-state index contributed by atoms with van der Waals surface area (Å²) >= 11 is 6.34. The molecule has 0 spiro atoms. The van der Waals surface area contributed by atoms with Gasteiger partial charge in [0.15, 0.2) is 5.75 Å². The van der Waals surface area contributed by atoms with Crippen LogP contribution in [0.5, 0.6) is 17.2 Å². The molecule has 3 nitrogen and oxygen atoms in total. The van der Waals surface area contributed by atoms with Crippen LogP contribution >= 0.6 is 11.6 Å². The molecular formula is C20H15ClO3. The summed E-state index contributed by atoms with van der Waals surface area (Å²) in [5, 5.41) is 1.80. The average molecular weight is 339 g/mol. The van der Waals surface area contributed by atoms with Crippen LogP contribution in [0.1, 0.15) is 6.92 Å². The highest BCUT2D eigenvalue weighted by molar-refractivity contribution is 6.34. The van der Waals surface area contributed by atoms with Gasteiger partial charge in [-0.2, -0.15) is 0 Å². The van der Waals surface area contributed by atoms with Crippen LogP contribution in [0.4, 0.5) is 0 Å². The average Bonchev–Trinajstić information content (AvgIpc) is 2.59. The number of para-hydroxylation sites is 1. The van der Waals surface area contributed by atoms with Crippen molar-refractivity contribution in [2.45, 2.75) is 6.92 Å². The number of hydrogen-bond donors (Lipinski definition) is 0. The summed E-state index contributed by atoms with van der Waals surface area (Å²) in [6.07, 6.45) is 0. The molecular weight excluding hydrogens is 324 g/mol. The van der Waals surface area contributed by atoms with E-state index in [1.165, 1.54) is 0 Å². The molecule has 4 heteroatoms. The first-order chi connectivity index (χ1) is 11.6. The minimum atomic E-state index is -0.515. The SMILES string of the molecule is C=C(C)C(=O)Oc1c(Cl)cc(Oc2ccccc2)c2ccccc12. The first kappa shape index (κ1) is 16.1. The van der Waals surface area contributed by atoms with Gasteiger partial charge in [-0.25, -0.2) is 4.79 Å². The van der Waals surface area contributed by atoms with E-state index in [-0.39, 0.29) is 0 Å². The van der Waals surface area contributed by atoms with Crippen molar-refractivity contribution in [3.63, 3.8) is 0 Å². The van der Waals surface area contributed by atoms with Gasteiger partial charge in [0.05, 0.1) is 5.02 Å². The molecule has 0 N–H and O–H groups in total. The number of fused-ring (bicyclic) bond motifs is 1. The Morgan fingerprint density at radius 2 is 1.62 bits per heavy atom. The molecule has 0 aliphatic heterocycles. The Hall–Kier alpha value is -2.78. The lowest BCUT2D eigenvalue weighted by Crippen LogP contribution is -2.09. The van der Waals surface area contributed by atoms with Crippen LogP contribution in [0.15, 0.2) is 72.8 Å². The summed E-state index contributed by atoms with van der Waals surface area (Å²) in [6, 6.07) is 18.5. The highest BCUT2D eigenvalue weighted by atomic mass is 35.5. The quantitative estimate of drug-likeness (QED) is 0.344. The van der Waals surface area contributed by atoms with E-state index in [0.717, 1.165) is 5.39 Å². The molecule has 0 aliphatic rings. The van der Waals surface area contributed by atoms with Gasteiger partial charge in [0.25, 0.3) is 0 Å². The standard InChI is InChI=1S/C20H15ClO3/c1-13(2)20(22)24-19-16-11-7-6-10-15(16)18(12-17(19)21)23-14-8-4-3-5-9-14/h3-12H,1H2,2H3. The smallest absolute Gasteiger partial charge is 0.338 e. The number of hydrogen-bond acceptors (Lipinski definition) is 3. The van der Waals surface area contributed by atoms with E-state index in [1.54, 1.807) is 13.0 Å². The van der Waals surface area contributed by atoms with Gasteiger partial charge in [-0.05, 0) is 19.1 Å². The Labute approximate surface area is 145 Å². The normalized spacial score (nSPS) is 10.4. The Morgan fingerprint density at radius 3 is 2.29 bits per heavy atom. The fraction of sp³-hybridized carbons (Fsp3) is 0.0500. The fourth-order valence-corrected chi connectivity index (χ4v) is 2.51. The Kier molecular flexibility index (Phi) is 4.54. The van der Waals surface area contributed by atoms with Gasteiger partial charge in [-0.1, -0.05) is 60.6 Å². The van der Waals surface area contributed by atoms with Gasteiger partial charge in [0.2, 0.25) is 0 Å². The maximum absolute atomic E-state index is 11.9. The summed E-state index contributed by atoms with van der Waals surface area (Å²) < 4.78 is 11.3. The summed E-state index contributed by atoms with van der Waals surface area (Å²) in [6.45, 7) is 5.18. The Morgan fingerprint density at radius 1 is 1.00 bits per heavy atom. The number of ether oxygens (including phenoxy) is 2. The predicted octanol–water partition coefficient (Wildman–Crippen LogP) is 5.77. The van der Waals surface area contributed by atoms with Crippen molar-refractivity contribution in [3.05, 3.63) is 77.8 Å².